The molecule has 0 aliphatic rings. The van der Waals surface area contributed by atoms with Gasteiger partial charge in [0.15, 0.2) is 11.5 Å². The summed E-state index contributed by atoms with van der Waals surface area (Å²) < 4.78 is 36.3. The molecular weight excluding hydrogens is 420 g/mol. The molecule has 158 valence electrons. The number of ether oxygens (including phenoxy) is 1. The van der Waals surface area contributed by atoms with Gasteiger partial charge in [-0.05, 0) is 43.3 Å². The fourth-order valence-electron chi connectivity index (χ4n) is 2.22. The Morgan fingerprint density at radius 2 is 1.83 bits per heavy atom. The molecule has 1 amide bonds. The Kier molecular flexibility index (Phi) is 6.92. The number of anilines is 1. The number of nitro benzene ring substituents is 1. The summed E-state index contributed by atoms with van der Waals surface area (Å²) in [6, 6.07) is 7.01. The molecule has 13 heteroatoms. The monoisotopic (exact) mass is 436 g/mol. The summed E-state index contributed by atoms with van der Waals surface area (Å²) in [5, 5.41) is 20.8. The molecule has 30 heavy (non-hydrogen) atoms. The largest absolute Gasteiger partial charge is 0.497 e. The van der Waals surface area contributed by atoms with Crippen molar-refractivity contribution in [2.24, 2.45) is 10.2 Å². The van der Waals surface area contributed by atoms with E-state index in [9.17, 15) is 28.1 Å². The number of amides is 1. The van der Waals surface area contributed by atoms with Gasteiger partial charge in [0.05, 0.1) is 12.0 Å². The van der Waals surface area contributed by atoms with Crippen LogP contribution in [-0.2, 0) is 19.7 Å². The lowest BCUT2D eigenvalue weighted by Crippen LogP contribution is -2.31. The number of nitrogens with one attached hydrogen (secondary N) is 1. The van der Waals surface area contributed by atoms with Crippen LogP contribution in [0.1, 0.15) is 6.92 Å². The van der Waals surface area contributed by atoms with Crippen LogP contribution in [0.25, 0.3) is 0 Å². The molecule has 0 aliphatic heterocycles. The van der Waals surface area contributed by atoms with E-state index in [1.165, 1.54) is 19.2 Å². The minimum atomic E-state index is -4.68. The molecule has 2 aromatic carbocycles. The van der Waals surface area contributed by atoms with E-state index in [1.807, 2.05) is 0 Å². The zero-order valence-corrected chi connectivity index (χ0v) is 16.5. The van der Waals surface area contributed by atoms with Crippen LogP contribution < -0.4 is 10.1 Å². The number of nitrogens with zero attached hydrogens (tertiary/aromatic N) is 3. The highest BCUT2D eigenvalue weighted by atomic mass is 32.2. The van der Waals surface area contributed by atoms with Gasteiger partial charge in [-0.2, -0.15) is 13.5 Å². The van der Waals surface area contributed by atoms with Crippen molar-refractivity contribution >= 4 is 38.9 Å². The third kappa shape index (κ3) is 5.65. The summed E-state index contributed by atoms with van der Waals surface area (Å²) in [6.45, 7) is 1.09. The number of benzene rings is 2. The second-order valence-corrected chi connectivity index (χ2v) is 7.25. The van der Waals surface area contributed by atoms with Gasteiger partial charge in [0.1, 0.15) is 10.6 Å². The van der Waals surface area contributed by atoms with Gasteiger partial charge in [0.2, 0.25) is 6.04 Å². The van der Waals surface area contributed by atoms with E-state index in [2.05, 4.69) is 15.5 Å². The highest BCUT2D eigenvalue weighted by molar-refractivity contribution is 7.85. The lowest BCUT2D eigenvalue weighted by molar-refractivity contribution is -0.384. The highest BCUT2D eigenvalue weighted by Crippen LogP contribution is 2.30. The summed E-state index contributed by atoms with van der Waals surface area (Å²) >= 11 is 0. The molecule has 0 fully saturated rings. The van der Waals surface area contributed by atoms with E-state index in [0.29, 0.717) is 17.5 Å². The van der Waals surface area contributed by atoms with Gasteiger partial charge in [0, 0.05) is 11.8 Å². The van der Waals surface area contributed by atoms with E-state index in [1.54, 1.807) is 12.1 Å². The zero-order chi connectivity index (χ0) is 22.5. The zero-order valence-electron chi connectivity index (χ0n) is 15.7. The van der Waals surface area contributed by atoms with Crippen molar-refractivity contribution in [1.82, 2.24) is 0 Å². The molecule has 0 unspecified atom stereocenters. The van der Waals surface area contributed by atoms with Gasteiger partial charge < -0.3 is 10.1 Å². The molecule has 0 bridgehead atoms. The predicted molar refractivity (Wildman–Crippen MR) is 104 cm³/mol. The predicted octanol–water partition coefficient (Wildman–Crippen LogP) is 2.53. The number of hydrogen-bond acceptors (Lipinski definition) is 9. The third-order valence-electron chi connectivity index (χ3n) is 3.71. The Morgan fingerprint density at radius 3 is 2.33 bits per heavy atom. The van der Waals surface area contributed by atoms with E-state index in [4.69, 9.17) is 9.29 Å². The Labute approximate surface area is 170 Å². The van der Waals surface area contributed by atoms with Crippen LogP contribution in [0, 0.1) is 10.1 Å². The van der Waals surface area contributed by atoms with E-state index in [0.717, 1.165) is 19.1 Å². The molecule has 2 rings (SSSR count). The summed E-state index contributed by atoms with van der Waals surface area (Å²) in [6.07, 6.45) is 0. The molecule has 12 nitrogen and oxygen atoms in total. The maximum absolute atomic E-state index is 12.4. The molecule has 0 aliphatic carbocycles. The highest BCUT2D eigenvalue weighted by Gasteiger charge is 2.25. The molecule has 0 spiro atoms. The molecule has 2 aromatic rings. The molecule has 0 saturated carbocycles. The maximum Gasteiger partial charge on any atom is 0.298 e. The van der Waals surface area contributed by atoms with Crippen LogP contribution in [0.5, 0.6) is 5.75 Å². The topological polar surface area (TPSA) is 178 Å². The molecule has 0 heterocycles. The average Bonchev–Trinajstić information content (AvgIpc) is 2.67. The Bertz CT molecular complexity index is 1110. The van der Waals surface area contributed by atoms with Crippen LogP contribution in [-0.4, -0.2) is 42.7 Å². The minimum absolute atomic E-state index is 0.353. The van der Waals surface area contributed by atoms with E-state index in [-0.39, 0.29) is 0 Å². The van der Waals surface area contributed by atoms with Gasteiger partial charge in [-0.15, -0.1) is 5.11 Å². The maximum atomic E-state index is 12.4. The molecule has 0 radical (unpaired) electrons. The van der Waals surface area contributed by atoms with E-state index >= 15 is 0 Å². The van der Waals surface area contributed by atoms with Gasteiger partial charge in [0.25, 0.3) is 21.7 Å². The van der Waals surface area contributed by atoms with Crippen molar-refractivity contribution in [3.63, 3.8) is 0 Å². The van der Waals surface area contributed by atoms with Crippen LogP contribution in [0.3, 0.4) is 0 Å². The molecule has 1 atom stereocenters. The molecular formula is C17H16N4O8S. The van der Waals surface area contributed by atoms with Crippen molar-refractivity contribution in [2.75, 3.05) is 12.4 Å². The number of rotatable bonds is 8. The van der Waals surface area contributed by atoms with Gasteiger partial charge in [-0.3, -0.25) is 24.3 Å². The lowest BCUT2D eigenvalue weighted by Gasteiger charge is -2.10. The second-order valence-electron chi connectivity index (χ2n) is 5.83. The second kappa shape index (κ2) is 9.19. The van der Waals surface area contributed by atoms with Gasteiger partial charge >= 0.3 is 0 Å². The van der Waals surface area contributed by atoms with Crippen LogP contribution in [0.4, 0.5) is 17.1 Å². The number of Topliss-reactive ketones (excluding diaryl/α,β-unsaturated/α-hetero) is 1. The first-order chi connectivity index (χ1) is 14.0. The van der Waals surface area contributed by atoms with Crippen molar-refractivity contribution in [2.45, 2.75) is 17.9 Å². The first kappa shape index (κ1) is 22.6. The SMILES string of the molecule is COc1ccc(NC(=O)[C@H](N=Nc2ccc(S(=O)(=O)O)cc2[N+](=O)[O-])C(C)=O)cc1. The molecule has 2 N–H and O–H groups in total. The van der Waals surface area contributed by atoms with Crippen molar-refractivity contribution in [1.29, 1.82) is 0 Å². The Hall–Kier alpha value is -3.71. The summed E-state index contributed by atoms with van der Waals surface area (Å²) in [5.41, 5.74) is -0.839. The number of carbonyl (C=O) groups excluding carboxylic acids is 2. The van der Waals surface area contributed by atoms with Crippen LogP contribution in [0.2, 0.25) is 0 Å². The third-order valence-corrected chi connectivity index (χ3v) is 4.56. The summed E-state index contributed by atoms with van der Waals surface area (Å²) in [5.74, 6) is -0.952. The fraction of sp³-hybridized carbons (Fsp3) is 0.176. The number of nitro groups is 1. The number of hydrogen-bond donors (Lipinski definition) is 2. The number of carbonyl (C=O) groups is 2. The quantitative estimate of drug-likeness (QED) is 0.208. The first-order valence-corrected chi connectivity index (χ1v) is 9.59. The fourth-order valence-corrected chi connectivity index (χ4v) is 2.72. The first-order valence-electron chi connectivity index (χ1n) is 8.15. The van der Waals surface area contributed by atoms with Crippen molar-refractivity contribution in [3.05, 3.63) is 52.6 Å². The van der Waals surface area contributed by atoms with E-state index < -0.39 is 49.0 Å². The summed E-state index contributed by atoms with van der Waals surface area (Å²) in [7, 11) is -3.20. The Balaban J connectivity index is 2.30. The number of azo groups is 1. The smallest absolute Gasteiger partial charge is 0.298 e. The van der Waals surface area contributed by atoms with Crippen molar-refractivity contribution in [3.8, 4) is 5.75 Å². The van der Waals surface area contributed by atoms with Crippen LogP contribution >= 0.6 is 0 Å². The standard InChI is InChI=1S/C17H16N4O8S/c1-10(22)16(17(23)18-11-3-5-12(29-2)6-4-11)20-19-14-8-7-13(30(26,27)28)9-15(14)21(24)25/h3-9,16H,1-2H3,(H,18,23)(H,26,27,28)/t16-/m1/s1. The minimum Gasteiger partial charge on any atom is -0.497 e. The number of ketones is 1. The van der Waals surface area contributed by atoms with Gasteiger partial charge in [-0.25, -0.2) is 0 Å². The lowest BCUT2D eigenvalue weighted by atomic mass is 10.2. The normalized spacial score (nSPS) is 12.4. The Morgan fingerprint density at radius 1 is 1.20 bits per heavy atom. The number of methoxy groups -OCH3 is 1. The molecule has 0 saturated heterocycles. The van der Waals surface area contributed by atoms with Gasteiger partial charge in [-0.1, -0.05) is 0 Å². The molecule has 0 aromatic heterocycles. The van der Waals surface area contributed by atoms with Crippen molar-refractivity contribution < 1.29 is 32.2 Å². The average molecular weight is 436 g/mol. The van der Waals surface area contributed by atoms with Crippen LogP contribution in [0.15, 0.2) is 57.6 Å². The summed E-state index contributed by atoms with van der Waals surface area (Å²) in [4.78, 5) is 33.7.